The molecule has 0 aromatic heterocycles. The Labute approximate surface area is 232 Å². The number of aryl methyl sites for hydroxylation is 1. The van der Waals surface area contributed by atoms with E-state index >= 15 is 0 Å². The Bertz CT molecular complexity index is 977. The van der Waals surface area contributed by atoms with Crippen molar-refractivity contribution in [3.8, 4) is 0 Å². The average Bonchev–Trinajstić information content (AvgIpc) is 3.23. The summed E-state index contributed by atoms with van der Waals surface area (Å²) in [6.45, 7) is 22.9. The zero-order valence-corrected chi connectivity index (χ0v) is 27.4. The quantitative estimate of drug-likeness (QED) is 0.171. The molecule has 5 atom stereocenters. The molecule has 1 saturated carbocycles. The molecule has 4 nitrogen and oxygen atoms in total. The highest BCUT2D eigenvalue weighted by Gasteiger charge is 2.52. The third-order valence-corrected chi connectivity index (χ3v) is 18.5. The number of carbonyl (C=O) groups excluding carboxylic acids is 1. The van der Waals surface area contributed by atoms with Gasteiger partial charge in [0.25, 0.3) is 0 Å². The van der Waals surface area contributed by atoms with Gasteiger partial charge in [-0.25, -0.2) is 0 Å². The Morgan fingerprint density at radius 3 is 2.32 bits per heavy atom. The van der Waals surface area contributed by atoms with E-state index in [2.05, 4.69) is 85.9 Å². The van der Waals surface area contributed by atoms with Crippen LogP contribution in [0.3, 0.4) is 0 Å². The van der Waals surface area contributed by atoms with Crippen LogP contribution in [0.4, 0.5) is 0 Å². The van der Waals surface area contributed by atoms with Crippen LogP contribution in [-0.4, -0.2) is 40.9 Å². The van der Waals surface area contributed by atoms with E-state index in [9.17, 15) is 4.79 Å². The summed E-state index contributed by atoms with van der Waals surface area (Å²) in [5, 5.41) is 1.01. The molecular weight excluding hydrogens is 516 g/mol. The highest BCUT2D eigenvalue weighted by atomic mass is 35.5. The second-order valence-electron chi connectivity index (χ2n) is 14.1. The molecule has 2 fully saturated rings. The highest BCUT2D eigenvalue weighted by molar-refractivity contribution is 6.74. The second-order valence-corrected chi connectivity index (χ2v) is 24.0. The van der Waals surface area contributed by atoms with Gasteiger partial charge in [-0.2, -0.15) is 0 Å². The first kappa shape index (κ1) is 30.6. The van der Waals surface area contributed by atoms with Crippen molar-refractivity contribution in [1.82, 2.24) is 0 Å². The van der Waals surface area contributed by atoms with Crippen LogP contribution in [0.15, 0.2) is 36.4 Å². The molecular formula is C30H49ClO4Si2. The molecule has 0 amide bonds. The normalized spacial score (nSPS) is 26.0. The fourth-order valence-corrected chi connectivity index (χ4v) is 7.73. The van der Waals surface area contributed by atoms with Crippen molar-refractivity contribution < 1.29 is 18.4 Å². The molecule has 208 valence electrons. The summed E-state index contributed by atoms with van der Waals surface area (Å²) in [7, 11) is -3.96. The van der Waals surface area contributed by atoms with Gasteiger partial charge in [0.05, 0.1) is 18.6 Å². The van der Waals surface area contributed by atoms with E-state index in [1.165, 1.54) is 5.56 Å². The Morgan fingerprint density at radius 1 is 1.08 bits per heavy atom. The highest BCUT2D eigenvalue weighted by Crippen LogP contribution is 2.47. The van der Waals surface area contributed by atoms with Crippen LogP contribution in [0.25, 0.3) is 0 Å². The van der Waals surface area contributed by atoms with Gasteiger partial charge in [0, 0.05) is 23.3 Å². The van der Waals surface area contributed by atoms with Gasteiger partial charge >= 0.3 is 5.97 Å². The van der Waals surface area contributed by atoms with Crippen LogP contribution < -0.4 is 0 Å². The van der Waals surface area contributed by atoms with Crippen LogP contribution >= 0.6 is 11.6 Å². The smallest absolute Gasteiger partial charge is 0.306 e. The van der Waals surface area contributed by atoms with Gasteiger partial charge in [0.1, 0.15) is 6.10 Å². The molecule has 0 unspecified atom stereocenters. The summed E-state index contributed by atoms with van der Waals surface area (Å²) in [6.07, 6.45) is 7.64. The average molecular weight is 565 g/mol. The van der Waals surface area contributed by atoms with E-state index in [1.807, 2.05) is 18.2 Å². The molecule has 0 N–H and O–H groups in total. The van der Waals surface area contributed by atoms with Crippen LogP contribution in [0, 0.1) is 11.8 Å². The number of hydrogen-bond donors (Lipinski definition) is 0. The SMILES string of the molecule is CC(C)(C)[Si](C)(C)O[C@H](/C=C/[C@@H]1[C@H]2CC(=O)O[C@H]2C[C@H]1O[Si](C)(C)C(C)(C)C)CCc1cccc(Cl)c1. The zero-order chi connectivity index (χ0) is 27.8. The lowest BCUT2D eigenvalue weighted by molar-refractivity contribution is -0.141. The largest absolute Gasteiger partial charge is 0.462 e. The molecule has 0 radical (unpaired) electrons. The lowest BCUT2D eigenvalue weighted by Crippen LogP contribution is -2.45. The number of rotatable bonds is 9. The molecule has 0 bridgehead atoms. The maximum Gasteiger partial charge on any atom is 0.306 e. The van der Waals surface area contributed by atoms with Crippen molar-refractivity contribution in [2.45, 2.75) is 122 Å². The number of hydrogen-bond acceptors (Lipinski definition) is 4. The minimum Gasteiger partial charge on any atom is -0.462 e. The van der Waals surface area contributed by atoms with Crippen molar-refractivity contribution in [2.75, 3.05) is 0 Å². The maximum atomic E-state index is 12.2. The van der Waals surface area contributed by atoms with E-state index in [1.54, 1.807) is 0 Å². The molecule has 1 heterocycles. The van der Waals surface area contributed by atoms with Gasteiger partial charge in [0.15, 0.2) is 16.6 Å². The number of carbonyl (C=O) groups is 1. The van der Waals surface area contributed by atoms with Gasteiger partial charge < -0.3 is 13.6 Å². The number of esters is 1. The number of benzene rings is 1. The predicted molar refractivity (Wildman–Crippen MR) is 159 cm³/mol. The first-order chi connectivity index (χ1) is 16.9. The molecule has 7 heteroatoms. The van der Waals surface area contributed by atoms with Gasteiger partial charge in [0.2, 0.25) is 0 Å². The van der Waals surface area contributed by atoms with Crippen molar-refractivity contribution in [1.29, 1.82) is 0 Å². The second kappa shape index (κ2) is 11.3. The molecule has 1 aromatic rings. The summed E-state index contributed by atoms with van der Waals surface area (Å²) in [4.78, 5) is 12.2. The number of fused-ring (bicyclic) bond motifs is 1. The van der Waals surface area contributed by atoms with Crippen LogP contribution in [0.1, 0.15) is 66.4 Å². The minimum atomic E-state index is -1.99. The van der Waals surface area contributed by atoms with E-state index in [0.717, 1.165) is 24.3 Å². The van der Waals surface area contributed by atoms with Crippen LogP contribution in [-0.2, 0) is 24.8 Å². The molecule has 3 rings (SSSR count). The monoisotopic (exact) mass is 564 g/mol. The fraction of sp³-hybridized carbons (Fsp3) is 0.700. The summed E-state index contributed by atoms with van der Waals surface area (Å²) < 4.78 is 19.6. The summed E-state index contributed by atoms with van der Waals surface area (Å²) in [5.41, 5.74) is 1.22. The predicted octanol–water partition coefficient (Wildman–Crippen LogP) is 8.56. The van der Waals surface area contributed by atoms with E-state index in [0.29, 0.717) is 6.42 Å². The molecule has 37 heavy (non-hydrogen) atoms. The summed E-state index contributed by atoms with van der Waals surface area (Å²) >= 11 is 6.25. The van der Waals surface area contributed by atoms with Crippen LogP contribution in [0.2, 0.25) is 41.3 Å². The summed E-state index contributed by atoms with van der Waals surface area (Å²) in [6, 6.07) is 8.10. The molecule has 1 saturated heterocycles. The molecule has 1 aliphatic heterocycles. The van der Waals surface area contributed by atoms with Gasteiger partial charge in [-0.3, -0.25) is 4.79 Å². The van der Waals surface area contributed by atoms with Gasteiger partial charge in [-0.15, -0.1) is 0 Å². The van der Waals surface area contributed by atoms with Crippen molar-refractivity contribution in [2.24, 2.45) is 11.8 Å². The Morgan fingerprint density at radius 2 is 1.73 bits per heavy atom. The van der Waals surface area contributed by atoms with Crippen molar-refractivity contribution in [3.05, 3.63) is 47.0 Å². The number of ether oxygens (including phenoxy) is 1. The van der Waals surface area contributed by atoms with E-state index in [-0.39, 0.29) is 46.2 Å². The fourth-order valence-electron chi connectivity index (χ4n) is 4.85. The lowest BCUT2D eigenvalue weighted by atomic mass is 9.91. The number of halogens is 1. The first-order valence-corrected chi connectivity index (χ1v) is 20.1. The third kappa shape index (κ3) is 7.60. The maximum absolute atomic E-state index is 12.2. The minimum absolute atomic E-state index is 0.00883. The Hall–Kier alpha value is -0.926. The topological polar surface area (TPSA) is 44.8 Å². The van der Waals surface area contributed by atoms with E-state index < -0.39 is 16.6 Å². The van der Waals surface area contributed by atoms with Crippen molar-refractivity contribution in [3.63, 3.8) is 0 Å². The zero-order valence-electron chi connectivity index (χ0n) is 24.7. The molecule has 0 spiro atoms. The van der Waals surface area contributed by atoms with Crippen LogP contribution in [0.5, 0.6) is 0 Å². The third-order valence-electron chi connectivity index (χ3n) is 9.21. The molecule has 1 aromatic carbocycles. The lowest BCUT2D eigenvalue weighted by Gasteiger charge is -2.40. The first-order valence-electron chi connectivity index (χ1n) is 13.9. The summed E-state index contributed by atoms with van der Waals surface area (Å²) in [5.74, 6) is 0.261. The standard InChI is InChI=1S/C30H49ClO4Si2/c1-29(2,3)36(7,8)34-23(15-14-21-12-11-13-22(31)18-21)16-17-24-25-19-28(32)33-26(25)20-27(24)35-37(9,10)30(4,5)6/h11-13,16-18,23-27H,14-15,19-20H2,1-10H3/b17-16+/t23-,24+,25+,26-,27+/m0/s1. The van der Waals surface area contributed by atoms with E-state index in [4.69, 9.17) is 25.2 Å². The Balaban J connectivity index is 1.85. The Kier molecular flexibility index (Phi) is 9.34. The molecule has 1 aliphatic carbocycles. The van der Waals surface area contributed by atoms with Gasteiger partial charge in [-0.1, -0.05) is 77.4 Å². The molecule has 2 aliphatic rings. The van der Waals surface area contributed by atoms with Crippen molar-refractivity contribution >= 4 is 34.2 Å². The van der Waals surface area contributed by atoms with Gasteiger partial charge in [-0.05, 0) is 66.8 Å².